The summed E-state index contributed by atoms with van der Waals surface area (Å²) in [5, 5.41) is 7.30. The zero-order valence-electron chi connectivity index (χ0n) is 17.2. The third-order valence-electron chi connectivity index (χ3n) is 4.74. The van der Waals surface area contributed by atoms with Crippen molar-refractivity contribution in [2.24, 2.45) is 0 Å². The van der Waals surface area contributed by atoms with Gasteiger partial charge in [0.15, 0.2) is 6.04 Å². The summed E-state index contributed by atoms with van der Waals surface area (Å²) >= 11 is 0. The molecule has 0 unspecified atom stereocenters. The number of esters is 1. The maximum Gasteiger partial charge on any atom is 0.333 e. The highest BCUT2D eigenvalue weighted by atomic mass is 19.1. The molecule has 1 atom stereocenters. The molecule has 1 N–H and O–H groups in total. The van der Waals surface area contributed by atoms with Crippen LogP contribution in [0, 0.1) is 19.7 Å². The normalized spacial score (nSPS) is 11.7. The Kier molecular flexibility index (Phi) is 6.61. The van der Waals surface area contributed by atoms with Gasteiger partial charge in [0.25, 0.3) is 0 Å². The number of halogens is 1. The molecule has 156 valence electrons. The maximum atomic E-state index is 13.3. The number of hydrogen-bond acceptors (Lipinski definition) is 4. The Morgan fingerprint density at radius 3 is 2.40 bits per heavy atom. The molecule has 1 amide bonds. The Morgan fingerprint density at radius 1 is 1.10 bits per heavy atom. The minimum absolute atomic E-state index is 0.140. The van der Waals surface area contributed by atoms with Crippen molar-refractivity contribution >= 4 is 11.9 Å². The lowest BCUT2D eigenvalue weighted by molar-refractivity contribution is -0.147. The summed E-state index contributed by atoms with van der Waals surface area (Å²) in [6, 6.07) is 14.2. The van der Waals surface area contributed by atoms with Gasteiger partial charge in [0, 0.05) is 11.3 Å². The second-order valence-corrected chi connectivity index (χ2v) is 6.89. The van der Waals surface area contributed by atoms with Gasteiger partial charge in [0.2, 0.25) is 5.91 Å². The van der Waals surface area contributed by atoms with Crippen molar-refractivity contribution in [1.82, 2.24) is 15.1 Å². The van der Waals surface area contributed by atoms with Gasteiger partial charge in [-0.25, -0.2) is 13.9 Å². The predicted molar refractivity (Wildman–Crippen MR) is 111 cm³/mol. The lowest BCUT2D eigenvalue weighted by atomic mass is 10.0. The highest BCUT2D eigenvalue weighted by Gasteiger charge is 2.30. The van der Waals surface area contributed by atoms with Crippen LogP contribution >= 0.6 is 0 Å². The summed E-state index contributed by atoms with van der Waals surface area (Å²) in [6.45, 7) is 5.46. The Bertz CT molecular complexity index is 1030. The van der Waals surface area contributed by atoms with Gasteiger partial charge in [0.1, 0.15) is 5.82 Å². The zero-order chi connectivity index (χ0) is 21.7. The van der Waals surface area contributed by atoms with Crippen LogP contribution in [0.3, 0.4) is 0 Å². The first-order valence-electron chi connectivity index (χ1n) is 9.72. The summed E-state index contributed by atoms with van der Waals surface area (Å²) < 4.78 is 20.1. The number of carbonyl (C=O) groups excluding carboxylic acids is 2. The molecule has 2 aromatic carbocycles. The number of benzene rings is 2. The van der Waals surface area contributed by atoms with Crippen LogP contribution in [0.4, 0.5) is 4.39 Å². The fourth-order valence-corrected chi connectivity index (χ4v) is 3.37. The van der Waals surface area contributed by atoms with E-state index in [2.05, 4.69) is 10.4 Å². The molecule has 30 heavy (non-hydrogen) atoms. The SMILES string of the molecule is CCOC(=O)[C@@H](NC(=O)Cc1ccccc1)c1c(C)nn(-c2ccc(F)cc2)c1C. The largest absolute Gasteiger partial charge is 0.464 e. The van der Waals surface area contributed by atoms with E-state index in [-0.39, 0.29) is 24.8 Å². The van der Waals surface area contributed by atoms with Crippen LogP contribution in [0.2, 0.25) is 0 Å². The smallest absolute Gasteiger partial charge is 0.333 e. The number of carbonyl (C=O) groups is 2. The van der Waals surface area contributed by atoms with Crippen molar-refractivity contribution in [3.63, 3.8) is 0 Å². The lowest BCUT2D eigenvalue weighted by Gasteiger charge is -2.18. The van der Waals surface area contributed by atoms with Crippen molar-refractivity contribution in [1.29, 1.82) is 0 Å². The van der Waals surface area contributed by atoms with Crippen molar-refractivity contribution in [3.8, 4) is 5.69 Å². The number of aromatic nitrogens is 2. The number of hydrogen-bond donors (Lipinski definition) is 1. The quantitative estimate of drug-likeness (QED) is 0.606. The van der Waals surface area contributed by atoms with E-state index in [4.69, 9.17) is 4.74 Å². The molecule has 0 saturated carbocycles. The van der Waals surface area contributed by atoms with E-state index in [1.165, 1.54) is 12.1 Å². The van der Waals surface area contributed by atoms with E-state index in [0.717, 1.165) is 5.56 Å². The first-order valence-corrected chi connectivity index (χ1v) is 9.72. The molecular weight excluding hydrogens is 385 g/mol. The molecule has 3 aromatic rings. The number of rotatable bonds is 7. The Morgan fingerprint density at radius 2 is 1.77 bits per heavy atom. The van der Waals surface area contributed by atoms with Crippen molar-refractivity contribution in [2.75, 3.05) is 6.61 Å². The molecule has 0 radical (unpaired) electrons. The lowest BCUT2D eigenvalue weighted by Crippen LogP contribution is -2.36. The van der Waals surface area contributed by atoms with Gasteiger partial charge in [-0.1, -0.05) is 30.3 Å². The Hall–Kier alpha value is -3.48. The third kappa shape index (κ3) is 4.74. The molecule has 0 aliphatic carbocycles. The average molecular weight is 409 g/mol. The minimum Gasteiger partial charge on any atom is -0.464 e. The Balaban J connectivity index is 1.93. The number of nitrogens with zero attached hydrogens (tertiary/aromatic N) is 2. The highest BCUT2D eigenvalue weighted by molar-refractivity contribution is 5.87. The van der Waals surface area contributed by atoms with Crippen LogP contribution in [0.5, 0.6) is 0 Å². The predicted octanol–water partition coefficient (Wildman–Crippen LogP) is 3.59. The van der Waals surface area contributed by atoms with Crippen molar-refractivity contribution in [3.05, 3.63) is 82.9 Å². The van der Waals surface area contributed by atoms with Gasteiger partial charge in [-0.05, 0) is 50.6 Å². The fourth-order valence-electron chi connectivity index (χ4n) is 3.37. The minimum atomic E-state index is -0.990. The molecule has 0 fully saturated rings. The molecule has 1 aromatic heterocycles. The number of nitrogens with one attached hydrogen (secondary N) is 1. The molecule has 0 spiro atoms. The standard InChI is InChI=1S/C23H24FN3O3/c1-4-30-23(29)22(25-20(28)14-17-8-6-5-7-9-17)21-15(2)26-27(16(21)3)19-12-10-18(24)11-13-19/h5-13,22H,4,14H2,1-3H3,(H,25,28)/t22-/m0/s1. The van der Waals surface area contributed by atoms with E-state index in [9.17, 15) is 14.0 Å². The highest BCUT2D eigenvalue weighted by Crippen LogP contribution is 2.26. The second kappa shape index (κ2) is 9.35. The first kappa shape index (κ1) is 21.2. The van der Waals surface area contributed by atoms with Gasteiger partial charge >= 0.3 is 5.97 Å². The van der Waals surface area contributed by atoms with Crippen LogP contribution in [0.25, 0.3) is 5.69 Å². The average Bonchev–Trinajstić information content (AvgIpc) is 3.01. The van der Waals surface area contributed by atoms with E-state index in [1.54, 1.807) is 37.6 Å². The maximum absolute atomic E-state index is 13.3. The van der Waals surface area contributed by atoms with E-state index >= 15 is 0 Å². The van der Waals surface area contributed by atoms with Gasteiger partial charge in [-0.3, -0.25) is 4.79 Å². The van der Waals surface area contributed by atoms with Gasteiger partial charge in [-0.2, -0.15) is 5.10 Å². The molecule has 0 aliphatic heterocycles. The second-order valence-electron chi connectivity index (χ2n) is 6.89. The number of ether oxygens (including phenoxy) is 1. The number of aryl methyl sites for hydroxylation is 1. The van der Waals surface area contributed by atoms with Gasteiger partial charge in [0.05, 0.1) is 24.4 Å². The van der Waals surface area contributed by atoms with Crippen LogP contribution in [-0.2, 0) is 20.7 Å². The molecule has 0 saturated heterocycles. The monoisotopic (exact) mass is 409 g/mol. The molecule has 7 heteroatoms. The Labute approximate surface area is 174 Å². The molecule has 0 aliphatic rings. The molecular formula is C23H24FN3O3. The van der Waals surface area contributed by atoms with Crippen LogP contribution < -0.4 is 5.32 Å². The summed E-state index contributed by atoms with van der Waals surface area (Å²) in [6.07, 6.45) is 0.140. The number of amides is 1. The third-order valence-corrected chi connectivity index (χ3v) is 4.74. The zero-order valence-corrected chi connectivity index (χ0v) is 17.2. The molecule has 6 nitrogen and oxygen atoms in total. The summed E-state index contributed by atoms with van der Waals surface area (Å²) in [5.74, 6) is -1.20. The summed E-state index contributed by atoms with van der Waals surface area (Å²) in [7, 11) is 0. The fraction of sp³-hybridized carbons (Fsp3) is 0.261. The topological polar surface area (TPSA) is 73.2 Å². The van der Waals surface area contributed by atoms with E-state index < -0.39 is 12.0 Å². The molecule has 3 rings (SSSR count). The molecule has 0 bridgehead atoms. The van der Waals surface area contributed by atoms with Crippen LogP contribution in [0.15, 0.2) is 54.6 Å². The van der Waals surface area contributed by atoms with Gasteiger partial charge < -0.3 is 10.1 Å². The van der Waals surface area contributed by atoms with E-state index in [0.29, 0.717) is 22.6 Å². The van der Waals surface area contributed by atoms with Crippen LogP contribution in [0.1, 0.15) is 35.5 Å². The van der Waals surface area contributed by atoms with Crippen molar-refractivity contribution < 1.29 is 18.7 Å². The van der Waals surface area contributed by atoms with Crippen molar-refractivity contribution in [2.45, 2.75) is 33.2 Å². The van der Waals surface area contributed by atoms with Crippen LogP contribution in [-0.4, -0.2) is 28.3 Å². The molecule has 1 heterocycles. The van der Waals surface area contributed by atoms with Gasteiger partial charge in [-0.15, -0.1) is 0 Å². The van der Waals surface area contributed by atoms with E-state index in [1.807, 2.05) is 30.3 Å². The first-order chi connectivity index (χ1) is 14.4. The summed E-state index contributed by atoms with van der Waals surface area (Å²) in [4.78, 5) is 25.4. The summed E-state index contributed by atoms with van der Waals surface area (Å²) in [5.41, 5.74) is 3.31.